The van der Waals surface area contributed by atoms with Gasteiger partial charge in [-0.25, -0.2) is 31.9 Å². The summed E-state index contributed by atoms with van der Waals surface area (Å²) < 4.78 is 58.1. The average molecular weight is 434 g/mol. The third kappa shape index (κ3) is 3.87. The summed E-state index contributed by atoms with van der Waals surface area (Å²) in [6, 6.07) is 2.92. The lowest BCUT2D eigenvalue weighted by molar-refractivity contribution is 0.0221. The number of carbonyl (C=O) groups is 1. The zero-order valence-electron chi connectivity index (χ0n) is 16.2. The molecular weight excluding hydrogens is 416 g/mol. The number of urea groups is 1. The molecular formula is C20H18F4N6O. The van der Waals surface area contributed by atoms with Gasteiger partial charge in [0.2, 0.25) is 0 Å². The summed E-state index contributed by atoms with van der Waals surface area (Å²) >= 11 is 0. The predicted octanol–water partition coefficient (Wildman–Crippen LogP) is 3.88. The summed E-state index contributed by atoms with van der Waals surface area (Å²) in [7, 11) is 0. The number of benzene rings is 1. The number of rotatable bonds is 4. The molecule has 1 aromatic carbocycles. The van der Waals surface area contributed by atoms with Crippen molar-refractivity contribution in [1.82, 2.24) is 19.9 Å². The van der Waals surface area contributed by atoms with Crippen molar-refractivity contribution in [2.45, 2.75) is 37.3 Å². The molecule has 1 saturated heterocycles. The van der Waals surface area contributed by atoms with E-state index in [0.29, 0.717) is 5.69 Å². The summed E-state index contributed by atoms with van der Waals surface area (Å²) in [6.45, 7) is -0.699. The summed E-state index contributed by atoms with van der Waals surface area (Å²) in [6.07, 6.45) is 4.09. The highest BCUT2D eigenvalue weighted by molar-refractivity contribution is 5.93. The van der Waals surface area contributed by atoms with E-state index in [0.717, 1.165) is 31.0 Å². The molecule has 3 aromatic rings. The fourth-order valence-corrected chi connectivity index (χ4v) is 3.78. The Kier molecular flexibility index (Phi) is 4.49. The SMILES string of the molecule is O=C(Nc1cnn2ccc(N3CC(F)(F)C[C@@H]3c3cc(F)ccc3F)nc12)NC1CC1. The molecule has 1 saturated carbocycles. The minimum absolute atomic E-state index is 0.143. The molecule has 2 aliphatic rings. The molecule has 2 aromatic heterocycles. The third-order valence-electron chi connectivity index (χ3n) is 5.40. The van der Waals surface area contributed by atoms with Crippen molar-refractivity contribution in [3.05, 3.63) is 53.9 Å². The number of hydrogen-bond donors (Lipinski definition) is 2. The number of nitrogens with one attached hydrogen (secondary N) is 2. The highest BCUT2D eigenvalue weighted by atomic mass is 19.3. The zero-order valence-corrected chi connectivity index (χ0v) is 16.2. The first kappa shape index (κ1) is 19.6. The molecule has 1 aliphatic carbocycles. The molecule has 3 heterocycles. The molecule has 0 bridgehead atoms. The monoisotopic (exact) mass is 434 g/mol. The van der Waals surface area contributed by atoms with Crippen LogP contribution in [0.4, 0.5) is 33.9 Å². The second-order valence-electron chi connectivity index (χ2n) is 7.85. The molecule has 11 heteroatoms. The van der Waals surface area contributed by atoms with Gasteiger partial charge in [-0.2, -0.15) is 5.10 Å². The quantitative estimate of drug-likeness (QED) is 0.612. The Morgan fingerprint density at radius 1 is 1.19 bits per heavy atom. The number of anilines is 2. The second kappa shape index (κ2) is 7.10. The number of amides is 2. The molecule has 31 heavy (non-hydrogen) atoms. The van der Waals surface area contributed by atoms with E-state index in [1.165, 1.54) is 27.9 Å². The predicted molar refractivity (Wildman–Crippen MR) is 104 cm³/mol. The van der Waals surface area contributed by atoms with Crippen molar-refractivity contribution in [3.8, 4) is 0 Å². The van der Waals surface area contributed by atoms with E-state index < -0.39 is 42.6 Å². The van der Waals surface area contributed by atoms with Gasteiger partial charge in [0, 0.05) is 24.2 Å². The molecule has 7 nitrogen and oxygen atoms in total. The van der Waals surface area contributed by atoms with Gasteiger partial charge in [0.05, 0.1) is 18.8 Å². The number of fused-ring (bicyclic) bond motifs is 1. The Balaban J connectivity index is 1.49. The van der Waals surface area contributed by atoms with E-state index in [-0.39, 0.29) is 23.1 Å². The summed E-state index contributed by atoms with van der Waals surface area (Å²) in [5.74, 6) is -4.44. The number of hydrogen-bond acceptors (Lipinski definition) is 4. The molecule has 2 amide bonds. The maximum atomic E-state index is 14.4. The highest BCUT2D eigenvalue weighted by Crippen LogP contribution is 2.44. The standard InChI is InChI=1S/C20H18F4N6O/c21-11-1-4-14(22)13(7-11)16-8-20(23,24)10-29(16)17-5-6-30-18(28-17)15(9-25-30)27-19(31)26-12-2-3-12/h1,4-7,9,12,16H,2-3,8,10H2,(H2,26,27,31)/t16-/m1/s1. The van der Waals surface area contributed by atoms with Gasteiger partial charge in [-0.1, -0.05) is 0 Å². The fourth-order valence-electron chi connectivity index (χ4n) is 3.78. The Bertz CT molecular complexity index is 1160. The summed E-state index contributed by atoms with van der Waals surface area (Å²) in [4.78, 5) is 17.7. The second-order valence-corrected chi connectivity index (χ2v) is 7.85. The van der Waals surface area contributed by atoms with E-state index in [9.17, 15) is 22.4 Å². The normalized spacial score (nSPS) is 20.3. The lowest BCUT2D eigenvalue weighted by atomic mass is 10.0. The smallest absolute Gasteiger partial charge is 0.319 e. The van der Waals surface area contributed by atoms with Gasteiger partial charge in [0.25, 0.3) is 5.92 Å². The first-order valence-corrected chi connectivity index (χ1v) is 9.80. The van der Waals surface area contributed by atoms with E-state index in [1.54, 1.807) is 0 Å². The molecule has 5 rings (SSSR count). The van der Waals surface area contributed by atoms with Crippen LogP contribution < -0.4 is 15.5 Å². The molecule has 0 radical (unpaired) electrons. The van der Waals surface area contributed by atoms with Crippen LogP contribution in [0, 0.1) is 11.6 Å². The first-order valence-electron chi connectivity index (χ1n) is 9.80. The minimum Gasteiger partial charge on any atom is -0.343 e. The van der Waals surface area contributed by atoms with Crippen molar-refractivity contribution < 1.29 is 22.4 Å². The molecule has 2 fully saturated rings. The van der Waals surface area contributed by atoms with Crippen LogP contribution in [0.15, 0.2) is 36.7 Å². The van der Waals surface area contributed by atoms with Crippen molar-refractivity contribution in [2.75, 3.05) is 16.8 Å². The van der Waals surface area contributed by atoms with Crippen molar-refractivity contribution in [2.24, 2.45) is 0 Å². The minimum atomic E-state index is -3.11. The number of alkyl halides is 2. The van der Waals surface area contributed by atoms with Gasteiger partial charge >= 0.3 is 6.03 Å². The van der Waals surface area contributed by atoms with Gasteiger partial charge in [0.15, 0.2) is 5.65 Å². The average Bonchev–Trinajstić information content (AvgIpc) is 3.35. The van der Waals surface area contributed by atoms with Gasteiger partial charge in [-0.05, 0) is 37.1 Å². The summed E-state index contributed by atoms with van der Waals surface area (Å²) in [5, 5.41) is 9.53. The highest BCUT2D eigenvalue weighted by Gasteiger charge is 2.47. The molecule has 2 N–H and O–H groups in total. The van der Waals surface area contributed by atoms with Crippen LogP contribution in [0.5, 0.6) is 0 Å². The van der Waals surface area contributed by atoms with Crippen LogP contribution in [0.25, 0.3) is 5.65 Å². The van der Waals surface area contributed by atoms with E-state index in [2.05, 4.69) is 20.7 Å². The largest absolute Gasteiger partial charge is 0.343 e. The van der Waals surface area contributed by atoms with Crippen LogP contribution in [0.1, 0.15) is 30.9 Å². The first-order chi connectivity index (χ1) is 14.8. The molecule has 1 aliphatic heterocycles. The molecule has 0 unspecified atom stereocenters. The number of carbonyl (C=O) groups excluding carboxylic acids is 1. The van der Waals surface area contributed by atoms with Gasteiger partial charge in [-0.3, -0.25) is 0 Å². The van der Waals surface area contributed by atoms with Crippen LogP contribution in [0.2, 0.25) is 0 Å². The van der Waals surface area contributed by atoms with Crippen LogP contribution >= 0.6 is 0 Å². The van der Waals surface area contributed by atoms with Crippen molar-refractivity contribution in [3.63, 3.8) is 0 Å². The zero-order chi connectivity index (χ0) is 21.8. The van der Waals surface area contributed by atoms with Gasteiger partial charge in [-0.15, -0.1) is 0 Å². The van der Waals surface area contributed by atoms with Crippen LogP contribution in [-0.4, -0.2) is 39.1 Å². The van der Waals surface area contributed by atoms with Crippen LogP contribution in [-0.2, 0) is 0 Å². The fraction of sp³-hybridized carbons (Fsp3) is 0.350. The third-order valence-corrected chi connectivity index (χ3v) is 5.40. The van der Waals surface area contributed by atoms with Gasteiger partial charge < -0.3 is 15.5 Å². The van der Waals surface area contributed by atoms with E-state index >= 15 is 0 Å². The van der Waals surface area contributed by atoms with Crippen molar-refractivity contribution >= 4 is 23.2 Å². The lowest BCUT2D eigenvalue weighted by Crippen LogP contribution is -2.30. The maximum absolute atomic E-state index is 14.4. The number of nitrogens with zero attached hydrogens (tertiary/aromatic N) is 4. The molecule has 0 spiro atoms. The molecule has 1 atom stereocenters. The molecule has 162 valence electrons. The Morgan fingerprint density at radius 2 is 2.00 bits per heavy atom. The maximum Gasteiger partial charge on any atom is 0.319 e. The Morgan fingerprint density at radius 3 is 2.77 bits per heavy atom. The van der Waals surface area contributed by atoms with Crippen LogP contribution in [0.3, 0.4) is 0 Å². The topological polar surface area (TPSA) is 74.6 Å². The van der Waals surface area contributed by atoms with E-state index in [4.69, 9.17) is 0 Å². The number of aromatic nitrogens is 3. The van der Waals surface area contributed by atoms with Gasteiger partial charge in [0.1, 0.15) is 23.1 Å². The Labute approximate surface area is 174 Å². The summed E-state index contributed by atoms with van der Waals surface area (Å²) in [5.41, 5.74) is 0.395. The Hall–Kier alpha value is -3.37. The number of halogens is 4. The van der Waals surface area contributed by atoms with Crippen molar-refractivity contribution in [1.29, 1.82) is 0 Å². The van der Waals surface area contributed by atoms with E-state index in [1.807, 2.05) is 0 Å². The lowest BCUT2D eigenvalue weighted by Gasteiger charge is -2.25.